The van der Waals surface area contributed by atoms with Crippen molar-refractivity contribution in [2.75, 3.05) is 0 Å². The third kappa shape index (κ3) is 2.55. The van der Waals surface area contributed by atoms with Crippen LogP contribution in [0.25, 0.3) is 0 Å². The van der Waals surface area contributed by atoms with Crippen LogP contribution in [0.1, 0.15) is 64.9 Å². The summed E-state index contributed by atoms with van der Waals surface area (Å²) in [6.07, 6.45) is 5.88. The number of carbonyl (C=O) groups is 1. The van der Waals surface area contributed by atoms with Gasteiger partial charge in [0.1, 0.15) is 11.8 Å². The first-order valence-electron chi connectivity index (χ1n) is 8.25. The molecule has 1 fully saturated rings. The van der Waals surface area contributed by atoms with Crippen LogP contribution in [0.15, 0.2) is 35.1 Å². The van der Waals surface area contributed by atoms with Crippen LogP contribution in [-0.2, 0) is 6.42 Å². The second-order valence-corrected chi connectivity index (χ2v) is 6.52. The van der Waals surface area contributed by atoms with Gasteiger partial charge in [-0.3, -0.25) is 4.79 Å². The topological polar surface area (TPSA) is 75.4 Å². The smallest absolute Gasteiger partial charge is 0.256 e. The molecule has 5 nitrogen and oxygen atoms in total. The summed E-state index contributed by atoms with van der Waals surface area (Å²) in [5, 5.41) is 17.4. The Kier molecular flexibility index (Phi) is 3.65. The number of amides is 1. The molecular weight excluding hydrogens is 292 g/mol. The lowest BCUT2D eigenvalue weighted by molar-refractivity contribution is 0.0857. The SMILES string of the molecule is O=C(N[C@H]1Cc2ccccc2[C@@H]1O)c1conc1C1CCCC1. The highest BCUT2D eigenvalue weighted by molar-refractivity contribution is 5.95. The van der Waals surface area contributed by atoms with E-state index in [2.05, 4.69) is 10.5 Å². The predicted octanol–water partition coefficient (Wildman–Crippen LogP) is 2.72. The molecule has 5 heteroatoms. The summed E-state index contributed by atoms with van der Waals surface area (Å²) in [6.45, 7) is 0. The zero-order valence-corrected chi connectivity index (χ0v) is 12.9. The summed E-state index contributed by atoms with van der Waals surface area (Å²) in [6, 6.07) is 7.47. The van der Waals surface area contributed by atoms with Gasteiger partial charge in [-0.1, -0.05) is 42.3 Å². The molecule has 1 amide bonds. The molecule has 0 saturated heterocycles. The Bertz CT molecular complexity index is 719. The molecule has 2 aliphatic carbocycles. The van der Waals surface area contributed by atoms with Crippen molar-refractivity contribution in [3.05, 3.63) is 52.9 Å². The Morgan fingerprint density at radius 3 is 2.83 bits per heavy atom. The first-order chi connectivity index (χ1) is 11.2. The minimum Gasteiger partial charge on any atom is -0.386 e. The predicted molar refractivity (Wildman–Crippen MR) is 84.1 cm³/mol. The van der Waals surface area contributed by atoms with Gasteiger partial charge in [0.15, 0.2) is 0 Å². The lowest BCUT2D eigenvalue weighted by Crippen LogP contribution is -2.38. The average molecular weight is 312 g/mol. The average Bonchev–Trinajstić information content (AvgIpc) is 3.28. The Balaban J connectivity index is 1.50. The van der Waals surface area contributed by atoms with Crippen LogP contribution in [0.3, 0.4) is 0 Å². The van der Waals surface area contributed by atoms with Crippen LogP contribution in [0.2, 0.25) is 0 Å². The molecule has 2 aromatic rings. The van der Waals surface area contributed by atoms with E-state index < -0.39 is 6.10 Å². The number of aromatic nitrogens is 1. The van der Waals surface area contributed by atoms with E-state index in [0.29, 0.717) is 17.9 Å². The fourth-order valence-corrected chi connectivity index (χ4v) is 3.86. The van der Waals surface area contributed by atoms with E-state index in [1.54, 1.807) is 0 Å². The maximum atomic E-state index is 12.6. The molecular formula is C18H20N2O3. The van der Waals surface area contributed by atoms with Gasteiger partial charge >= 0.3 is 0 Å². The fraction of sp³-hybridized carbons (Fsp3) is 0.444. The van der Waals surface area contributed by atoms with E-state index >= 15 is 0 Å². The minimum absolute atomic E-state index is 0.204. The molecule has 2 atom stereocenters. The van der Waals surface area contributed by atoms with Crippen molar-refractivity contribution < 1.29 is 14.4 Å². The number of nitrogens with one attached hydrogen (secondary N) is 1. The number of rotatable bonds is 3. The largest absolute Gasteiger partial charge is 0.386 e. The lowest BCUT2D eigenvalue weighted by Gasteiger charge is -2.17. The van der Waals surface area contributed by atoms with E-state index in [9.17, 15) is 9.90 Å². The quantitative estimate of drug-likeness (QED) is 0.914. The van der Waals surface area contributed by atoms with Crippen molar-refractivity contribution in [1.29, 1.82) is 0 Å². The number of hydrogen-bond acceptors (Lipinski definition) is 4. The highest BCUT2D eigenvalue weighted by Gasteiger charge is 2.33. The van der Waals surface area contributed by atoms with Crippen molar-refractivity contribution in [2.24, 2.45) is 0 Å². The van der Waals surface area contributed by atoms with Crippen LogP contribution in [0.4, 0.5) is 0 Å². The summed E-state index contributed by atoms with van der Waals surface area (Å²) in [4.78, 5) is 12.6. The number of fused-ring (bicyclic) bond motifs is 1. The van der Waals surface area contributed by atoms with Crippen molar-refractivity contribution in [2.45, 2.75) is 50.2 Å². The van der Waals surface area contributed by atoms with Gasteiger partial charge < -0.3 is 14.9 Å². The monoisotopic (exact) mass is 312 g/mol. The van der Waals surface area contributed by atoms with Gasteiger partial charge in [-0.25, -0.2) is 0 Å². The number of aliphatic hydroxyl groups excluding tert-OH is 1. The van der Waals surface area contributed by atoms with Gasteiger partial charge in [0.25, 0.3) is 5.91 Å². The Morgan fingerprint density at radius 1 is 1.26 bits per heavy atom. The molecule has 0 spiro atoms. The number of benzene rings is 1. The van der Waals surface area contributed by atoms with Crippen LogP contribution in [-0.4, -0.2) is 22.2 Å². The maximum absolute atomic E-state index is 12.6. The Morgan fingerprint density at radius 2 is 2.04 bits per heavy atom. The van der Waals surface area contributed by atoms with E-state index in [0.717, 1.165) is 29.7 Å². The van der Waals surface area contributed by atoms with Gasteiger partial charge in [0, 0.05) is 5.92 Å². The lowest BCUT2D eigenvalue weighted by atomic mass is 10.00. The van der Waals surface area contributed by atoms with Crippen molar-refractivity contribution >= 4 is 5.91 Å². The highest BCUT2D eigenvalue weighted by atomic mass is 16.5. The molecule has 1 aromatic heterocycles. The number of nitrogens with zero attached hydrogens (tertiary/aromatic N) is 1. The number of hydrogen-bond donors (Lipinski definition) is 2. The normalized spacial score (nSPS) is 23.9. The molecule has 0 radical (unpaired) electrons. The Labute approximate surface area is 134 Å². The summed E-state index contributed by atoms with van der Waals surface area (Å²) < 4.78 is 5.06. The Hall–Kier alpha value is -2.14. The molecule has 0 aliphatic heterocycles. The molecule has 4 rings (SSSR count). The summed E-state index contributed by atoms with van der Waals surface area (Å²) in [5.74, 6) is 0.116. The van der Waals surface area contributed by atoms with Crippen molar-refractivity contribution in [3.8, 4) is 0 Å². The third-order valence-corrected chi connectivity index (χ3v) is 5.10. The van der Waals surface area contributed by atoms with Crippen molar-refractivity contribution in [3.63, 3.8) is 0 Å². The second kappa shape index (κ2) is 5.81. The summed E-state index contributed by atoms with van der Waals surface area (Å²) in [5.41, 5.74) is 3.27. The van der Waals surface area contributed by atoms with E-state index in [1.165, 1.54) is 19.1 Å². The summed E-state index contributed by atoms with van der Waals surface area (Å²) >= 11 is 0. The van der Waals surface area contributed by atoms with Crippen LogP contribution < -0.4 is 5.32 Å². The van der Waals surface area contributed by atoms with Gasteiger partial charge in [0.05, 0.1) is 17.8 Å². The molecule has 2 aliphatic rings. The molecule has 1 aromatic carbocycles. The first-order valence-corrected chi connectivity index (χ1v) is 8.25. The molecule has 23 heavy (non-hydrogen) atoms. The zero-order valence-electron chi connectivity index (χ0n) is 12.9. The molecule has 2 N–H and O–H groups in total. The minimum atomic E-state index is -0.662. The molecule has 1 heterocycles. The zero-order chi connectivity index (χ0) is 15.8. The first kappa shape index (κ1) is 14.5. The van der Waals surface area contributed by atoms with Crippen LogP contribution in [0, 0.1) is 0 Å². The van der Waals surface area contributed by atoms with Gasteiger partial charge in [-0.15, -0.1) is 0 Å². The highest BCUT2D eigenvalue weighted by Crippen LogP contribution is 2.35. The second-order valence-electron chi connectivity index (χ2n) is 6.52. The fourth-order valence-electron chi connectivity index (χ4n) is 3.86. The standard InChI is InChI=1S/C18H20N2O3/c21-17-13-8-4-3-7-12(13)9-15(17)19-18(22)14-10-23-20-16(14)11-5-1-2-6-11/h3-4,7-8,10-11,15,17,21H,1-2,5-6,9H2,(H,19,22)/t15-,17-/m0/s1. The molecule has 1 saturated carbocycles. The van der Waals surface area contributed by atoms with Crippen molar-refractivity contribution in [1.82, 2.24) is 10.5 Å². The number of carbonyl (C=O) groups excluding carboxylic acids is 1. The van der Waals surface area contributed by atoms with Gasteiger partial charge in [-0.05, 0) is 30.4 Å². The third-order valence-electron chi connectivity index (χ3n) is 5.10. The van der Waals surface area contributed by atoms with Gasteiger partial charge in [0.2, 0.25) is 0 Å². The molecule has 120 valence electrons. The van der Waals surface area contributed by atoms with Crippen LogP contribution >= 0.6 is 0 Å². The maximum Gasteiger partial charge on any atom is 0.256 e. The molecule has 0 bridgehead atoms. The van der Waals surface area contributed by atoms with Gasteiger partial charge in [-0.2, -0.15) is 0 Å². The molecule has 0 unspecified atom stereocenters. The van der Waals surface area contributed by atoms with E-state index in [-0.39, 0.29) is 11.9 Å². The van der Waals surface area contributed by atoms with E-state index in [1.807, 2.05) is 24.3 Å². The van der Waals surface area contributed by atoms with Crippen LogP contribution in [0.5, 0.6) is 0 Å². The van der Waals surface area contributed by atoms with E-state index in [4.69, 9.17) is 4.52 Å². The number of aliphatic hydroxyl groups is 1. The summed E-state index contributed by atoms with van der Waals surface area (Å²) in [7, 11) is 0.